The number of aromatic nitrogens is 3. The minimum Gasteiger partial charge on any atom is -0.493 e. The smallest absolute Gasteiger partial charge is 0.178 e. The zero-order valence-electron chi connectivity index (χ0n) is 12.0. The molecular weight excluding hydrogens is 306 g/mol. The van der Waals surface area contributed by atoms with E-state index in [9.17, 15) is 0 Å². The molecular formula is C14H15N3O2S2. The van der Waals surface area contributed by atoms with Crippen molar-refractivity contribution >= 4 is 34.6 Å². The van der Waals surface area contributed by atoms with Gasteiger partial charge in [0.1, 0.15) is 0 Å². The highest BCUT2D eigenvalue weighted by Crippen LogP contribution is 2.32. The maximum absolute atomic E-state index is 5.43. The van der Waals surface area contributed by atoms with E-state index in [0.717, 1.165) is 16.0 Å². The van der Waals surface area contributed by atoms with Crippen LogP contribution in [-0.4, -0.2) is 28.8 Å². The Bertz CT molecular complexity index is 848. The highest BCUT2D eigenvalue weighted by molar-refractivity contribution is 7.71. The Morgan fingerprint density at radius 1 is 1.29 bits per heavy atom. The number of ether oxygens (including phenoxy) is 2. The minimum atomic E-state index is 0.673. The Labute approximate surface area is 131 Å². The van der Waals surface area contributed by atoms with Crippen molar-refractivity contribution in [1.29, 1.82) is 0 Å². The number of H-pyrrole nitrogens is 1. The van der Waals surface area contributed by atoms with Gasteiger partial charge in [-0.2, -0.15) is 0 Å². The molecule has 1 N–H and O–H groups in total. The zero-order valence-corrected chi connectivity index (χ0v) is 13.6. The Kier molecular flexibility index (Phi) is 3.69. The fraction of sp³-hybridized carbons (Fsp3) is 0.286. The van der Waals surface area contributed by atoms with Crippen LogP contribution in [0.1, 0.15) is 9.88 Å². The van der Waals surface area contributed by atoms with Crippen molar-refractivity contribution in [2.45, 2.75) is 13.5 Å². The van der Waals surface area contributed by atoms with Crippen LogP contribution in [0, 0.1) is 11.7 Å². The van der Waals surface area contributed by atoms with Crippen molar-refractivity contribution < 1.29 is 9.47 Å². The van der Waals surface area contributed by atoms with Gasteiger partial charge in [0.15, 0.2) is 16.3 Å². The molecule has 21 heavy (non-hydrogen) atoms. The number of aromatic amines is 1. The Balaban J connectivity index is 2.13. The third-order valence-corrected chi connectivity index (χ3v) is 4.48. The van der Waals surface area contributed by atoms with Gasteiger partial charge in [0.05, 0.1) is 36.8 Å². The molecule has 0 unspecified atom stereocenters. The van der Waals surface area contributed by atoms with Gasteiger partial charge >= 0.3 is 0 Å². The molecule has 0 fully saturated rings. The summed E-state index contributed by atoms with van der Waals surface area (Å²) in [5, 5.41) is 1.05. The van der Waals surface area contributed by atoms with E-state index < -0.39 is 0 Å². The quantitative estimate of drug-likeness (QED) is 0.747. The summed E-state index contributed by atoms with van der Waals surface area (Å²) >= 11 is 7.10. The first kappa shape index (κ1) is 14.1. The van der Waals surface area contributed by atoms with Crippen LogP contribution < -0.4 is 9.47 Å². The SMILES string of the molecule is COc1cc2[nH]c(=S)n(Cc3cnc(C)s3)c2cc1OC. The zero-order chi connectivity index (χ0) is 15.0. The molecule has 3 aromatic rings. The van der Waals surface area contributed by atoms with Gasteiger partial charge in [-0.3, -0.25) is 0 Å². The van der Waals surface area contributed by atoms with Crippen molar-refractivity contribution in [1.82, 2.24) is 14.5 Å². The first-order valence-corrected chi connectivity index (χ1v) is 7.60. The lowest BCUT2D eigenvalue weighted by molar-refractivity contribution is 0.355. The maximum Gasteiger partial charge on any atom is 0.178 e. The van der Waals surface area contributed by atoms with Gasteiger partial charge in [-0.05, 0) is 19.1 Å². The number of methoxy groups -OCH3 is 2. The van der Waals surface area contributed by atoms with Gasteiger partial charge in [0, 0.05) is 23.2 Å². The van der Waals surface area contributed by atoms with Crippen molar-refractivity contribution in [3.8, 4) is 11.5 Å². The summed E-state index contributed by atoms with van der Waals surface area (Å²) in [5.74, 6) is 1.37. The van der Waals surface area contributed by atoms with E-state index in [2.05, 4.69) is 9.97 Å². The number of fused-ring (bicyclic) bond motifs is 1. The second-order valence-corrected chi connectivity index (χ2v) is 6.29. The predicted molar refractivity (Wildman–Crippen MR) is 86.2 cm³/mol. The van der Waals surface area contributed by atoms with E-state index in [1.807, 2.05) is 29.8 Å². The molecule has 2 aromatic heterocycles. The van der Waals surface area contributed by atoms with E-state index in [0.29, 0.717) is 22.8 Å². The maximum atomic E-state index is 5.43. The molecule has 0 aliphatic heterocycles. The third-order valence-electron chi connectivity index (χ3n) is 3.26. The fourth-order valence-corrected chi connectivity index (χ4v) is 3.33. The molecule has 7 heteroatoms. The minimum absolute atomic E-state index is 0.673. The van der Waals surface area contributed by atoms with E-state index >= 15 is 0 Å². The first-order valence-electron chi connectivity index (χ1n) is 6.38. The number of aryl methyl sites for hydroxylation is 1. The summed E-state index contributed by atoms with van der Waals surface area (Å²) in [4.78, 5) is 8.66. The summed E-state index contributed by atoms with van der Waals surface area (Å²) in [6.45, 7) is 2.69. The molecule has 5 nitrogen and oxygen atoms in total. The number of thiazole rings is 1. The highest BCUT2D eigenvalue weighted by atomic mass is 32.1. The van der Waals surface area contributed by atoms with E-state index in [1.165, 1.54) is 4.88 Å². The fourth-order valence-electron chi connectivity index (χ4n) is 2.28. The molecule has 0 saturated carbocycles. The van der Waals surface area contributed by atoms with Crippen LogP contribution >= 0.6 is 23.6 Å². The van der Waals surface area contributed by atoms with Crippen LogP contribution in [0.3, 0.4) is 0 Å². The summed E-state index contributed by atoms with van der Waals surface area (Å²) in [6, 6.07) is 3.84. The normalized spacial score (nSPS) is 11.0. The number of nitrogens with zero attached hydrogens (tertiary/aromatic N) is 2. The standard InChI is InChI=1S/C14H15N3O2S2/c1-8-15-6-9(21-8)7-17-11-5-13(19-3)12(18-2)4-10(11)16-14(17)20/h4-6H,7H2,1-3H3,(H,16,20). The molecule has 0 aliphatic carbocycles. The summed E-state index contributed by atoms with van der Waals surface area (Å²) in [5.41, 5.74) is 1.92. The summed E-state index contributed by atoms with van der Waals surface area (Å²) in [7, 11) is 3.25. The largest absolute Gasteiger partial charge is 0.493 e. The van der Waals surface area contributed by atoms with Crippen LogP contribution in [0.4, 0.5) is 0 Å². The second kappa shape index (κ2) is 5.50. The summed E-state index contributed by atoms with van der Waals surface area (Å²) < 4.78 is 13.4. The topological polar surface area (TPSA) is 52.1 Å². The molecule has 110 valence electrons. The molecule has 1 aromatic carbocycles. The number of imidazole rings is 1. The average Bonchev–Trinajstić information content (AvgIpc) is 3.02. The van der Waals surface area contributed by atoms with Gasteiger partial charge in [0.25, 0.3) is 0 Å². The van der Waals surface area contributed by atoms with Gasteiger partial charge in [-0.15, -0.1) is 11.3 Å². The summed E-state index contributed by atoms with van der Waals surface area (Å²) in [6.07, 6.45) is 1.89. The van der Waals surface area contributed by atoms with Crippen molar-refractivity contribution in [2.24, 2.45) is 0 Å². The van der Waals surface area contributed by atoms with Crippen molar-refractivity contribution in [2.75, 3.05) is 14.2 Å². The molecule has 3 rings (SSSR count). The van der Waals surface area contributed by atoms with E-state index in [-0.39, 0.29) is 0 Å². The van der Waals surface area contributed by atoms with E-state index in [1.54, 1.807) is 25.6 Å². The molecule has 2 heterocycles. The van der Waals surface area contributed by atoms with Crippen molar-refractivity contribution in [3.63, 3.8) is 0 Å². The number of benzene rings is 1. The monoisotopic (exact) mass is 321 g/mol. The molecule has 0 aliphatic rings. The molecule has 0 atom stereocenters. The first-order chi connectivity index (χ1) is 10.1. The van der Waals surface area contributed by atoms with Gasteiger partial charge in [-0.1, -0.05) is 0 Å². The molecule has 0 saturated heterocycles. The van der Waals surface area contributed by atoms with Gasteiger partial charge in [0.2, 0.25) is 0 Å². The lowest BCUT2D eigenvalue weighted by Crippen LogP contribution is -1.98. The molecule has 0 amide bonds. The van der Waals surface area contributed by atoms with Crippen LogP contribution in [0.5, 0.6) is 11.5 Å². The second-order valence-electron chi connectivity index (χ2n) is 4.59. The molecule has 0 bridgehead atoms. The lowest BCUT2D eigenvalue weighted by atomic mass is 10.2. The Morgan fingerprint density at radius 2 is 2.00 bits per heavy atom. The third kappa shape index (κ3) is 2.54. The molecule has 0 spiro atoms. The number of nitrogens with one attached hydrogen (secondary N) is 1. The number of hydrogen-bond acceptors (Lipinski definition) is 5. The van der Waals surface area contributed by atoms with Gasteiger partial charge in [-0.25, -0.2) is 4.98 Å². The lowest BCUT2D eigenvalue weighted by Gasteiger charge is -2.08. The Morgan fingerprint density at radius 3 is 2.62 bits per heavy atom. The number of hydrogen-bond donors (Lipinski definition) is 1. The highest BCUT2D eigenvalue weighted by Gasteiger charge is 2.12. The number of rotatable bonds is 4. The molecule has 0 radical (unpaired) electrons. The van der Waals surface area contributed by atoms with Crippen LogP contribution in [0.2, 0.25) is 0 Å². The Hall–Kier alpha value is -1.86. The van der Waals surface area contributed by atoms with E-state index in [4.69, 9.17) is 21.7 Å². The van der Waals surface area contributed by atoms with Gasteiger partial charge < -0.3 is 19.0 Å². The average molecular weight is 321 g/mol. The predicted octanol–water partition coefficient (Wildman–Crippen LogP) is 3.53. The van der Waals surface area contributed by atoms with Crippen molar-refractivity contribution in [3.05, 3.63) is 33.0 Å². The van der Waals surface area contributed by atoms with Crippen LogP contribution in [-0.2, 0) is 6.54 Å². The van der Waals surface area contributed by atoms with Crippen LogP contribution in [0.15, 0.2) is 18.3 Å². The van der Waals surface area contributed by atoms with Crippen LogP contribution in [0.25, 0.3) is 11.0 Å².